The molecule has 2 aromatic carbocycles. The predicted molar refractivity (Wildman–Crippen MR) is 75.3 cm³/mol. The van der Waals surface area contributed by atoms with Crippen LogP contribution in [0, 0.1) is 0 Å². The standard InChI is InChI=1S/C14H11Cl2NO/c15-13-5-1-11(2-6-13)9-17-18-10-12-3-7-14(16)8-4-12/h1-9H,10H2. The Morgan fingerprint density at radius 3 is 2.06 bits per heavy atom. The quantitative estimate of drug-likeness (QED) is 0.595. The molecule has 92 valence electrons. The lowest BCUT2D eigenvalue weighted by atomic mass is 10.2. The zero-order valence-electron chi connectivity index (χ0n) is 9.51. The molecule has 2 aromatic rings. The molecule has 0 aliphatic carbocycles. The monoisotopic (exact) mass is 279 g/mol. The topological polar surface area (TPSA) is 21.6 Å². The fourth-order valence-corrected chi connectivity index (χ4v) is 1.59. The van der Waals surface area contributed by atoms with Crippen LogP contribution in [-0.2, 0) is 11.4 Å². The summed E-state index contributed by atoms with van der Waals surface area (Å²) in [5.74, 6) is 0. The molecule has 0 aliphatic rings. The Morgan fingerprint density at radius 1 is 0.889 bits per heavy atom. The molecular weight excluding hydrogens is 269 g/mol. The van der Waals surface area contributed by atoms with Crippen LogP contribution in [0.15, 0.2) is 53.7 Å². The van der Waals surface area contributed by atoms with E-state index >= 15 is 0 Å². The molecule has 0 saturated carbocycles. The van der Waals surface area contributed by atoms with Crippen molar-refractivity contribution < 1.29 is 4.84 Å². The molecule has 18 heavy (non-hydrogen) atoms. The number of hydrogen-bond acceptors (Lipinski definition) is 2. The van der Waals surface area contributed by atoms with Crippen LogP contribution in [0.2, 0.25) is 10.0 Å². The van der Waals surface area contributed by atoms with Crippen LogP contribution in [0.5, 0.6) is 0 Å². The molecule has 2 rings (SSSR count). The second-order valence-electron chi connectivity index (χ2n) is 3.69. The third kappa shape index (κ3) is 4.06. The molecular formula is C14H11Cl2NO. The van der Waals surface area contributed by atoms with E-state index in [4.69, 9.17) is 28.0 Å². The summed E-state index contributed by atoms with van der Waals surface area (Å²) in [6.07, 6.45) is 1.65. The van der Waals surface area contributed by atoms with Crippen LogP contribution in [0.1, 0.15) is 11.1 Å². The summed E-state index contributed by atoms with van der Waals surface area (Å²) in [7, 11) is 0. The van der Waals surface area contributed by atoms with E-state index < -0.39 is 0 Å². The van der Waals surface area contributed by atoms with Gasteiger partial charge in [0.1, 0.15) is 6.61 Å². The number of oxime groups is 1. The van der Waals surface area contributed by atoms with Gasteiger partial charge in [0.2, 0.25) is 0 Å². The summed E-state index contributed by atoms with van der Waals surface area (Å²) in [5, 5.41) is 5.30. The van der Waals surface area contributed by atoms with Gasteiger partial charge in [-0.3, -0.25) is 0 Å². The van der Waals surface area contributed by atoms with Crippen molar-refractivity contribution in [2.45, 2.75) is 6.61 Å². The third-order valence-corrected chi connectivity index (χ3v) is 2.79. The second-order valence-corrected chi connectivity index (χ2v) is 4.56. The summed E-state index contributed by atoms with van der Waals surface area (Å²) in [5.41, 5.74) is 1.96. The van der Waals surface area contributed by atoms with Gasteiger partial charge in [-0.2, -0.15) is 0 Å². The van der Waals surface area contributed by atoms with E-state index in [9.17, 15) is 0 Å². The number of nitrogens with zero attached hydrogens (tertiary/aromatic N) is 1. The lowest BCUT2D eigenvalue weighted by Crippen LogP contribution is -1.87. The van der Waals surface area contributed by atoms with Crippen molar-refractivity contribution in [3.05, 3.63) is 69.7 Å². The van der Waals surface area contributed by atoms with Crippen molar-refractivity contribution in [3.8, 4) is 0 Å². The first kappa shape index (κ1) is 12.9. The van der Waals surface area contributed by atoms with E-state index in [-0.39, 0.29) is 0 Å². The van der Waals surface area contributed by atoms with Gasteiger partial charge in [0.05, 0.1) is 6.21 Å². The average molecular weight is 280 g/mol. The van der Waals surface area contributed by atoms with E-state index in [1.54, 1.807) is 6.21 Å². The molecule has 0 fully saturated rings. The Kier molecular flexibility index (Phi) is 4.62. The zero-order valence-corrected chi connectivity index (χ0v) is 11.0. The second kappa shape index (κ2) is 6.43. The molecule has 0 heterocycles. The highest BCUT2D eigenvalue weighted by atomic mass is 35.5. The minimum Gasteiger partial charge on any atom is -0.391 e. The molecule has 0 unspecified atom stereocenters. The van der Waals surface area contributed by atoms with Crippen LogP contribution < -0.4 is 0 Å². The Balaban J connectivity index is 1.84. The van der Waals surface area contributed by atoms with Crippen molar-refractivity contribution >= 4 is 29.4 Å². The fraction of sp³-hybridized carbons (Fsp3) is 0.0714. The summed E-state index contributed by atoms with van der Waals surface area (Å²) < 4.78 is 0. The molecule has 0 N–H and O–H groups in total. The molecule has 0 aliphatic heterocycles. The fourth-order valence-electron chi connectivity index (χ4n) is 1.34. The van der Waals surface area contributed by atoms with Gasteiger partial charge in [-0.15, -0.1) is 0 Å². The maximum atomic E-state index is 5.78. The van der Waals surface area contributed by atoms with E-state index in [0.717, 1.165) is 11.1 Å². The van der Waals surface area contributed by atoms with E-state index in [1.807, 2.05) is 48.5 Å². The van der Waals surface area contributed by atoms with Gasteiger partial charge < -0.3 is 4.84 Å². The SMILES string of the molecule is Clc1ccc(C=NOCc2ccc(Cl)cc2)cc1. The van der Waals surface area contributed by atoms with Crippen molar-refractivity contribution in [1.82, 2.24) is 0 Å². The van der Waals surface area contributed by atoms with Gasteiger partial charge in [-0.1, -0.05) is 52.6 Å². The molecule has 0 bridgehead atoms. The molecule has 0 atom stereocenters. The normalized spacial score (nSPS) is 10.8. The lowest BCUT2D eigenvalue weighted by molar-refractivity contribution is 0.132. The maximum absolute atomic E-state index is 5.78. The zero-order chi connectivity index (χ0) is 12.8. The highest BCUT2D eigenvalue weighted by molar-refractivity contribution is 6.30. The minimum atomic E-state index is 0.418. The van der Waals surface area contributed by atoms with Gasteiger partial charge in [0.25, 0.3) is 0 Å². The summed E-state index contributed by atoms with van der Waals surface area (Å²) in [6.45, 7) is 0.418. The first-order valence-electron chi connectivity index (χ1n) is 5.39. The van der Waals surface area contributed by atoms with Crippen LogP contribution in [0.4, 0.5) is 0 Å². The lowest BCUT2D eigenvalue weighted by Gasteiger charge is -1.99. The average Bonchev–Trinajstić information content (AvgIpc) is 2.39. The minimum absolute atomic E-state index is 0.418. The van der Waals surface area contributed by atoms with Crippen LogP contribution in [0.25, 0.3) is 0 Å². The maximum Gasteiger partial charge on any atom is 0.142 e. The molecule has 4 heteroatoms. The molecule has 2 nitrogen and oxygen atoms in total. The van der Waals surface area contributed by atoms with Gasteiger partial charge >= 0.3 is 0 Å². The predicted octanol–water partition coefficient (Wildman–Crippen LogP) is 4.54. The molecule has 0 saturated heterocycles. The largest absolute Gasteiger partial charge is 0.391 e. The van der Waals surface area contributed by atoms with Gasteiger partial charge in [-0.25, -0.2) is 0 Å². The van der Waals surface area contributed by atoms with E-state index in [1.165, 1.54) is 0 Å². The van der Waals surface area contributed by atoms with Crippen molar-refractivity contribution in [1.29, 1.82) is 0 Å². The first-order chi connectivity index (χ1) is 8.74. The number of hydrogen-bond donors (Lipinski definition) is 0. The highest BCUT2D eigenvalue weighted by Gasteiger charge is 1.93. The molecule has 0 radical (unpaired) electrons. The van der Waals surface area contributed by atoms with Gasteiger partial charge in [0.15, 0.2) is 0 Å². The first-order valence-corrected chi connectivity index (χ1v) is 6.15. The Hall–Kier alpha value is -1.51. The number of benzene rings is 2. The third-order valence-electron chi connectivity index (χ3n) is 2.29. The molecule has 0 amide bonds. The molecule has 0 aromatic heterocycles. The number of halogens is 2. The van der Waals surface area contributed by atoms with E-state index in [0.29, 0.717) is 16.7 Å². The van der Waals surface area contributed by atoms with Crippen LogP contribution in [-0.4, -0.2) is 6.21 Å². The summed E-state index contributed by atoms with van der Waals surface area (Å²) >= 11 is 11.6. The van der Waals surface area contributed by atoms with Crippen molar-refractivity contribution in [2.24, 2.45) is 5.16 Å². The summed E-state index contributed by atoms with van der Waals surface area (Å²) in [4.78, 5) is 5.19. The highest BCUT2D eigenvalue weighted by Crippen LogP contribution is 2.10. The van der Waals surface area contributed by atoms with E-state index in [2.05, 4.69) is 5.16 Å². The number of rotatable bonds is 4. The smallest absolute Gasteiger partial charge is 0.142 e. The van der Waals surface area contributed by atoms with Gasteiger partial charge in [0, 0.05) is 10.0 Å². The van der Waals surface area contributed by atoms with Crippen molar-refractivity contribution in [2.75, 3.05) is 0 Å². The van der Waals surface area contributed by atoms with Crippen LogP contribution in [0.3, 0.4) is 0 Å². The van der Waals surface area contributed by atoms with Crippen LogP contribution >= 0.6 is 23.2 Å². The Labute approximate surface area is 116 Å². The Morgan fingerprint density at radius 2 is 1.44 bits per heavy atom. The Bertz CT molecular complexity index is 520. The summed E-state index contributed by atoms with van der Waals surface area (Å²) in [6, 6.07) is 14.8. The molecule has 0 spiro atoms. The van der Waals surface area contributed by atoms with Crippen molar-refractivity contribution in [3.63, 3.8) is 0 Å². The van der Waals surface area contributed by atoms with Gasteiger partial charge in [-0.05, 0) is 35.4 Å².